The van der Waals surface area contributed by atoms with Crippen LogP contribution in [-0.2, 0) is 28.6 Å². The maximum absolute atomic E-state index is 12.7. The van der Waals surface area contributed by atoms with Crippen LogP contribution in [0.3, 0.4) is 0 Å². The molecule has 6 heteroatoms. The molecule has 0 aliphatic carbocycles. The van der Waals surface area contributed by atoms with E-state index in [1.807, 2.05) is 0 Å². The van der Waals surface area contributed by atoms with E-state index in [2.05, 4.69) is 106 Å². The van der Waals surface area contributed by atoms with Crippen LogP contribution < -0.4 is 0 Å². The number of hydrogen-bond donors (Lipinski definition) is 0. The van der Waals surface area contributed by atoms with Crippen molar-refractivity contribution < 1.29 is 28.6 Å². The van der Waals surface area contributed by atoms with Crippen molar-refractivity contribution in [3.8, 4) is 0 Å². The first-order valence-corrected chi connectivity index (χ1v) is 29.6. The van der Waals surface area contributed by atoms with Gasteiger partial charge in [0.15, 0.2) is 6.10 Å². The van der Waals surface area contributed by atoms with Crippen molar-refractivity contribution in [2.75, 3.05) is 13.2 Å². The monoisotopic (exact) mass is 975 g/mol. The Morgan fingerprint density at radius 3 is 0.871 bits per heavy atom. The van der Waals surface area contributed by atoms with Crippen LogP contribution in [-0.4, -0.2) is 37.2 Å². The second-order valence-corrected chi connectivity index (χ2v) is 19.5. The van der Waals surface area contributed by atoms with E-state index in [1.54, 1.807) is 0 Å². The summed E-state index contributed by atoms with van der Waals surface area (Å²) in [4.78, 5) is 37.8. The first-order chi connectivity index (χ1) is 34.5. The third-order valence-electron chi connectivity index (χ3n) is 12.7. The summed E-state index contributed by atoms with van der Waals surface area (Å²) >= 11 is 0. The molecule has 0 saturated heterocycles. The smallest absolute Gasteiger partial charge is 0.306 e. The van der Waals surface area contributed by atoms with E-state index < -0.39 is 6.10 Å². The molecule has 0 radical (unpaired) electrons. The quantitative estimate of drug-likeness (QED) is 0.0261. The summed E-state index contributed by atoms with van der Waals surface area (Å²) in [6.45, 7) is 6.47. The number of carbonyl (C=O) groups excluding carboxylic acids is 3. The molecular formula is C64H110O6. The fraction of sp³-hybridized carbons (Fsp3) is 0.734. The molecule has 0 aliphatic rings. The average molecular weight is 976 g/mol. The Hall–Kier alpha value is -3.41. The highest BCUT2D eigenvalue weighted by Gasteiger charge is 2.19. The Balaban J connectivity index is 3.95. The molecule has 6 nitrogen and oxygen atoms in total. The second kappa shape index (κ2) is 58.2. The maximum atomic E-state index is 12.7. The van der Waals surface area contributed by atoms with Gasteiger partial charge in [0.25, 0.3) is 0 Å². The van der Waals surface area contributed by atoms with E-state index in [0.29, 0.717) is 19.3 Å². The lowest BCUT2D eigenvalue weighted by Crippen LogP contribution is -2.30. The van der Waals surface area contributed by atoms with Crippen molar-refractivity contribution in [1.29, 1.82) is 0 Å². The predicted molar refractivity (Wildman–Crippen MR) is 302 cm³/mol. The molecule has 0 heterocycles. The molecule has 0 bridgehead atoms. The molecule has 0 fully saturated rings. The van der Waals surface area contributed by atoms with Crippen LogP contribution in [0, 0.1) is 0 Å². The Morgan fingerprint density at radius 1 is 0.300 bits per heavy atom. The number of ether oxygens (including phenoxy) is 3. The topological polar surface area (TPSA) is 78.9 Å². The van der Waals surface area contributed by atoms with Crippen LogP contribution >= 0.6 is 0 Å². The van der Waals surface area contributed by atoms with E-state index in [-0.39, 0.29) is 31.1 Å². The fourth-order valence-electron chi connectivity index (χ4n) is 8.25. The summed E-state index contributed by atoms with van der Waals surface area (Å²) in [7, 11) is 0. The lowest BCUT2D eigenvalue weighted by Gasteiger charge is -2.18. The van der Waals surface area contributed by atoms with Crippen molar-refractivity contribution >= 4 is 17.9 Å². The molecule has 1 unspecified atom stereocenters. The molecule has 0 amide bonds. The highest BCUT2D eigenvalue weighted by Crippen LogP contribution is 2.16. The van der Waals surface area contributed by atoms with Gasteiger partial charge in [-0.25, -0.2) is 0 Å². The molecule has 0 N–H and O–H groups in total. The highest BCUT2D eigenvalue weighted by atomic mass is 16.6. The lowest BCUT2D eigenvalue weighted by atomic mass is 10.0. The van der Waals surface area contributed by atoms with E-state index >= 15 is 0 Å². The summed E-state index contributed by atoms with van der Waals surface area (Å²) in [5, 5.41) is 0. The number of hydrogen-bond acceptors (Lipinski definition) is 6. The second-order valence-electron chi connectivity index (χ2n) is 19.5. The molecule has 0 spiro atoms. The Labute approximate surface area is 433 Å². The van der Waals surface area contributed by atoms with Gasteiger partial charge in [-0.3, -0.25) is 14.4 Å². The van der Waals surface area contributed by atoms with Crippen LogP contribution in [0.25, 0.3) is 0 Å². The van der Waals surface area contributed by atoms with E-state index in [0.717, 1.165) is 103 Å². The molecule has 0 aromatic heterocycles. The first-order valence-electron chi connectivity index (χ1n) is 29.6. The summed E-state index contributed by atoms with van der Waals surface area (Å²) in [5.41, 5.74) is 0. The first kappa shape index (κ1) is 66.6. The minimum atomic E-state index is -0.768. The van der Waals surface area contributed by atoms with Crippen LogP contribution in [0.1, 0.15) is 284 Å². The summed E-state index contributed by atoms with van der Waals surface area (Å²) < 4.78 is 16.7. The average Bonchev–Trinajstić information content (AvgIpc) is 3.36. The zero-order valence-electron chi connectivity index (χ0n) is 46.0. The molecule has 70 heavy (non-hydrogen) atoms. The van der Waals surface area contributed by atoms with Gasteiger partial charge in [-0.05, 0) is 77.0 Å². The van der Waals surface area contributed by atoms with Crippen molar-refractivity contribution in [1.82, 2.24) is 0 Å². The third-order valence-corrected chi connectivity index (χ3v) is 12.7. The van der Waals surface area contributed by atoms with Gasteiger partial charge in [-0.1, -0.05) is 273 Å². The number of rotatable bonds is 53. The summed E-state index contributed by atoms with van der Waals surface area (Å²) in [6, 6.07) is 0. The van der Waals surface area contributed by atoms with Crippen molar-refractivity contribution in [2.45, 2.75) is 290 Å². The zero-order chi connectivity index (χ0) is 50.7. The predicted octanol–water partition coefficient (Wildman–Crippen LogP) is 19.9. The fourth-order valence-corrected chi connectivity index (χ4v) is 8.25. The Bertz CT molecular complexity index is 1350. The number of carbonyl (C=O) groups is 3. The van der Waals surface area contributed by atoms with Gasteiger partial charge in [-0.2, -0.15) is 0 Å². The third kappa shape index (κ3) is 55.5. The van der Waals surface area contributed by atoms with E-state index in [1.165, 1.54) is 141 Å². The molecule has 402 valence electrons. The van der Waals surface area contributed by atoms with Gasteiger partial charge < -0.3 is 14.2 Å². The summed E-state index contributed by atoms with van der Waals surface area (Å²) in [5.74, 6) is -0.878. The molecule has 1 atom stereocenters. The van der Waals surface area contributed by atoms with Gasteiger partial charge in [0.2, 0.25) is 0 Å². The van der Waals surface area contributed by atoms with Gasteiger partial charge in [-0.15, -0.1) is 0 Å². The maximum Gasteiger partial charge on any atom is 0.306 e. The highest BCUT2D eigenvalue weighted by molar-refractivity contribution is 5.71. The van der Waals surface area contributed by atoms with Crippen LogP contribution in [0.5, 0.6) is 0 Å². The molecular weight excluding hydrogens is 865 g/mol. The largest absolute Gasteiger partial charge is 0.462 e. The minimum absolute atomic E-state index is 0.0723. The SMILES string of the molecule is CC/C=C\C/C=C\C/C=C\C/C=C\C/C=C\C/C=C\C/C=C\CCCCCCCCCCCCCCCC(=O)OCC(COC(=O)CCCCCCCC)OC(=O)CCCCCCCCCCCCC. The van der Waals surface area contributed by atoms with Gasteiger partial charge >= 0.3 is 17.9 Å². The minimum Gasteiger partial charge on any atom is -0.462 e. The van der Waals surface area contributed by atoms with Crippen molar-refractivity contribution in [3.05, 3.63) is 85.1 Å². The van der Waals surface area contributed by atoms with Crippen LogP contribution in [0.15, 0.2) is 85.1 Å². The molecule has 0 saturated carbocycles. The molecule has 0 rings (SSSR count). The number of esters is 3. The number of unbranched alkanes of at least 4 members (excludes halogenated alkanes) is 28. The van der Waals surface area contributed by atoms with Crippen LogP contribution in [0.4, 0.5) is 0 Å². The van der Waals surface area contributed by atoms with Crippen molar-refractivity contribution in [2.24, 2.45) is 0 Å². The number of allylic oxidation sites excluding steroid dienone is 14. The van der Waals surface area contributed by atoms with Gasteiger partial charge in [0.1, 0.15) is 13.2 Å². The van der Waals surface area contributed by atoms with E-state index in [9.17, 15) is 14.4 Å². The molecule has 0 aromatic rings. The molecule has 0 aliphatic heterocycles. The van der Waals surface area contributed by atoms with E-state index in [4.69, 9.17) is 14.2 Å². The van der Waals surface area contributed by atoms with Gasteiger partial charge in [0, 0.05) is 19.3 Å². The zero-order valence-corrected chi connectivity index (χ0v) is 46.0. The normalized spacial score (nSPS) is 12.7. The van der Waals surface area contributed by atoms with Crippen LogP contribution in [0.2, 0.25) is 0 Å². The standard InChI is InChI=1S/C64H110O6/c1-4-7-10-13-16-18-20-21-22-23-24-25-26-27-28-29-30-31-32-33-34-35-36-37-38-39-40-41-42-43-45-46-48-51-54-57-63(66)69-60-61(59-68-62(65)56-53-50-15-12-9-6-3)70-64(67)58-55-52-49-47-44-19-17-14-11-8-5-2/h7,10,16,18,21-22,24-25,27-28,30-31,33-34,61H,4-6,8-9,11-15,17,19-20,23,26,29,32,35-60H2,1-3H3/b10-7-,18-16-,22-21-,25-24-,28-27-,31-30-,34-33-. The Kier molecular flexibility index (Phi) is 55.3. The van der Waals surface area contributed by atoms with Gasteiger partial charge in [0.05, 0.1) is 0 Å². The lowest BCUT2D eigenvalue weighted by molar-refractivity contribution is -0.167. The molecule has 0 aromatic carbocycles. The Morgan fingerprint density at radius 2 is 0.557 bits per heavy atom. The summed E-state index contributed by atoms with van der Waals surface area (Å²) in [6.07, 6.45) is 76.3. The van der Waals surface area contributed by atoms with Crippen molar-refractivity contribution in [3.63, 3.8) is 0 Å².